The Hall–Kier alpha value is -3.00. The maximum Gasteiger partial charge on any atom is 0.262 e. The number of ether oxygens (including phenoxy) is 2. The van der Waals surface area contributed by atoms with Gasteiger partial charge in [-0.2, -0.15) is 5.26 Å². The Morgan fingerprint density at radius 1 is 0.970 bits per heavy atom. The predicted molar refractivity (Wildman–Crippen MR) is 125 cm³/mol. The van der Waals surface area contributed by atoms with Gasteiger partial charge in [0.1, 0.15) is 17.2 Å². The number of nitrogens with zero attached hydrogens (tertiary/aromatic N) is 1. The Morgan fingerprint density at radius 3 is 2.24 bits per heavy atom. The van der Waals surface area contributed by atoms with Crippen LogP contribution < -0.4 is 19.9 Å². The van der Waals surface area contributed by atoms with Gasteiger partial charge in [0.25, 0.3) is 5.91 Å². The molecule has 8 nitrogen and oxygen atoms in total. The molecule has 170 valence electrons. The van der Waals surface area contributed by atoms with Gasteiger partial charge in [0.15, 0.2) is 6.61 Å². The van der Waals surface area contributed by atoms with E-state index < -0.39 is 22.5 Å². The fourth-order valence-corrected chi connectivity index (χ4v) is 3.88. The van der Waals surface area contributed by atoms with Crippen molar-refractivity contribution in [2.75, 3.05) is 11.9 Å². The first kappa shape index (κ1) is 24.6. The predicted octanol–water partition coefficient (Wildman–Crippen LogP) is 4.98. The summed E-state index contributed by atoms with van der Waals surface area (Å²) in [5, 5.41) is 17.2. The summed E-state index contributed by atoms with van der Waals surface area (Å²) in [5.74, 6) is 0.301. The second-order valence-electron chi connectivity index (χ2n) is 6.54. The number of halogens is 3. The number of primary sulfonamides is 1. The number of sulfonamides is 1. The maximum atomic E-state index is 12.2. The SMILES string of the molecule is N#Cc1cc(Cl)cc(Oc2cc(Cl)cc(OCC(=O)Nc3ccc(S(N)(=O)=O)cc3Cl)c2)c1. The Bertz CT molecular complexity index is 1370. The molecule has 0 saturated carbocycles. The molecule has 0 unspecified atom stereocenters. The Balaban J connectivity index is 1.67. The van der Waals surface area contributed by atoms with Crippen LogP contribution in [0.4, 0.5) is 5.69 Å². The molecular weight excluding hydrogens is 513 g/mol. The van der Waals surface area contributed by atoms with Crippen LogP contribution in [0.15, 0.2) is 59.5 Å². The first-order valence-corrected chi connectivity index (χ1v) is 11.7. The topological polar surface area (TPSA) is 132 Å². The Kier molecular flexibility index (Phi) is 7.68. The number of nitrogens with two attached hydrogens (primary N) is 1. The maximum absolute atomic E-state index is 12.2. The smallest absolute Gasteiger partial charge is 0.262 e. The number of carbonyl (C=O) groups excluding carboxylic acids is 1. The van der Waals surface area contributed by atoms with Crippen molar-refractivity contribution in [2.24, 2.45) is 5.14 Å². The van der Waals surface area contributed by atoms with Crippen molar-refractivity contribution in [3.8, 4) is 23.3 Å². The standard InChI is InChI=1S/C21H14Cl3N3O5S/c22-13-3-12(10-25)4-16(6-13)32-17-7-14(23)5-15(8-17)31-11-21(28)27-20-2-1-18(9-19(20)24)33(26,29)30/h1-9H,11H2,(H,27,28)(H2,26,29,30). The molecule has 3 aromatic carbocycles. The molecule has 0 atom stereocenters. The van der Waals surface area contributed by atoms with Crippen LogP contribution in [-0.2, 0) is 14.8 Å². The molecule has 1 amide bonds. The number of carbonyl (C=O) groups is 1. The molecule has 0 bridgehead atoms. The molecule has 0 aliphatic heterocycles. The summed E-state index contributed by atoms with van der Waals surface area (Å²) in [7, 11) is -3.92. The van der Waals surface area contributed by atoms with Crippen LogP contribution in [0.3, 0.4) is 0 Å². The molecule has 0 aliphatic carbocycles. The summed E-state index contributed by atoms with van der Waals surface area (Å²) in [6.07, 6.45) is 0. The molecule has 0 saturated heterocycles. The highest BCUT2D eigenvalue weighted by Gasteiger charge is 2.13. The van der Waals surface area contributed by atoms with E-state index in [1.165, 1.54) is 48.5 Å². The second kappa shape index (κ2) is 10.3. The Labute approximate surface area is 204 Å². The van der Waals surface area contributed by atoms with Gasteiger partial charge in [-0.15, -0.1) is 0 Å². The zero-order chi connectivity index (χ0) is 24.2. The first-order valence-electron chi connectivity index (χ1n) is 8.97. The lowest BCUT2D eigenvalue weighted by atomic mass is 10.2. The lowest BCUT2D eigenvalue weighted by Gasteiger charge is -2.12. The van der Waals surface area contributed by atoms with E-state index in [0.29, 0.717) is 22.1 Å². The fourth-order valence-electron chi connectivity index (χ4n) is 2.61. The number of hydrogen-bond donors (Lipinski definition) is 2. The third-order valence-electron chi connectivity index (χ3n) is 3.99. The average Bonchev–Trinajstić information content (AvgIpc) is 2.72. The van der Waals surface area contributed by atoms with Crippen LogP contribution in [0.25, 0.3) is 0 Å². The minimum atomic E-state index is -3.92. The zero-order valence-corrected chi connectivity index (χ0v) is 19.6. The van der Waals surface area contributed by atoms with Gasteiger partial charge in [0.2, 0.25) is 10.0 Å². The second-order valence-corrected chi connectivity index (χ2v) is 9.38. The molecule has 0 heterocycles. The fraction of sp³-hybridized carbons (Fsp3) is 0.0476. The van der Waals surface area contributed by atoms with Crippen molar-refractivity contribution in [3.63, 3.8) is 0 Å². The van der Waals surface area contributed by atoms with E-state index >= 15 is 0 Å². The van der Waals surface area contributed by atoms with Gasteiger partial charge in [-0.25, -0.2) is 13.6 Å². The third-order valence-corrected chi connectivity index (χ3v) is 5.65. The summed E-state index contributed by atoms with van der Waals surface area (Å²) < 4.78 is 33.9. The summed E-state index contributed by atoms with van der Waals surface area (Å²) in [6.45, 7) is -0.400. The molecule has 33 heavy (non-hydrogen) atoms. The normalized spacial score (nSPS) is 10.9. The van der Waals surface area contributed by atoms with E-state index in [1.807, 2.05) is 6.07 Å². The van der Waals surface area contributed by atoms with E-state index in [1.54, 1.807) is 0 Å². The zero-order valence-electron chi connectivity index (χ0n) is 16.5. The van der Waals surface area contributed by atoms with Crippen molar-refractivity contribution in [1.29, 1.82) is 5.26 Å². The minimum Gasteiger partial charge on any atom is -0.484 e. The van der Waals surface area contributed by atoms with Crippen LogP contribution in [0, 0.1) is 11.3 Å². The third kappa shape index (κ3) is 6.99. The number of benzene rings is 3. The van der Waals surface area contributed by atoms with Gasteiger partial charge in [-0.05, 0) is 48.5 Å². The van der Waals surface area contributed by atoms with Gasteiger partial charge in [0.05, 0.1) is 27.2 Å². The molecule has 0 spiro atoms. The molecular formula is C21H14Cl3N3O5S. The molecule has 3 rings (SSSR count). The monoisotopic (exact) mass is 525 g/mol. The summed E-state index contributed by atoms with van der Waals surface area (Å²) >= 11 is 18.1. The van der Waals surface area contributed by atoms with Crippen LogP contribution in [0.2, 0.25) is 15.1 Å². The number of rotatable bonds is 7. The van der Waals surface area contributed by atoms with Crippen molar-refractivity contribution in [1.82, 2.24) is 0 Å². The van der Waals surface area contributed by atoms with E-state index in [9.17, 15) is 13.2 Å². The van der Waals surface area contributed by atoms with Gasteiger partial charge in [0, 0.05) is 16.1 Å². The van der Waals surface area contributed by atoms with Crippen LogP contribution >= 0.6 is 34.8 Å². The number of anilines is 1. The van der Waals surface area contributed by atoms with Gasteiger partial charge >= 0.3 is 0 Å². The molecule has 0 aromatic heterocycles. The van der Waals surface area contributed by atoms with E-state index in [-0.39, 0.29) is 26.4 Å². The van der Waals surface area contributed by atoms with Crippen molar-refractivity contribution in [3.05, 3.63) is 75.2 Å². The van der Waals surface area contributed by atoms with Crippen LogP contribution in [0.5, 0.6) is 17.2 Å². The number of nitrogens with one attached hydrogen (secondary N) is 1. The lowest BCUT2D eigenvalue weighted by molar-refractivity contribution is -0.118. The average molecular weight is 527 g/mol. The molecule has 3 aromatic rings. The van der Waals surface area contributed by atoms with Gasteiger partial charge in [-0.3, -0.25) is 4.79 Å². The van der Waals surface area contributed by atoms with E-state index in [0.717, 1.165) is 6.07 Å². The quantitative estimate of drug-likeness (QED) is 0.446. The highest BCUT2D eigenvalue weighted by Crippen LogP contribution is 2.31. The lowest BCUT2D eigenvalue weighted by Crippen LogP contribution is -2.20. The number of hydrogen-bond acceptors (Lipinski definition) is 6. The molecule has 3 N–H and O–H groups in total. The molecule has 0 radical (unpaired) electrons. The van der Waals surface area contributed by atoms with Crippen LogP contribution in [0.1, 0.15) is 5.56 Å². The number of nitriles is 1. The van der Waals surface area contributed by atoms with E-state index in [4.69, 9.17) is 54.7 Å². The molecule has 12 heteroatoms. The summed E-state index contributed by atoms with van der Waals surface area (Å²) in [6, 6.07) is 14.7. The highest BCUT2D eigenvalue weighted by atomic mass is 35.5. The summed E-state index contributed by atoms with van der Waals surface area (Å²) in [4.78, 5) is 12.1. The summed E-state index contributed by atoms with van der Waals surface area (Å²) in [5.41, 5.74) is 0.505. The van der Waals surface area contributed by atoms with Crippen molar-refractivity contribution in [2.45, 2.75) is 4.90 Å². The van der Waals surface area contributed by atoms with Gasteiger partial charge < -0.3 is 14.8 Å². The number of amides is 1. The highest BCUT2D eigenvalue weighted by molar-refractivity contribution is 7.89. The van der Waals surface area contributed by atoms with Crippen molar-refractivity contribution < 1.29 is 22.7 Å². The minimum absolute atomic E-state index is 0.00780. The Morgan fingerprint density at radius 2 is 1.61 bits per heavy atom. The van der Waals surface area contributed by atoms with Crippen LogP contribution in [-0.4, -0.2) is 20.9 Å². The van der Waals surface area contributed by atoms with Gasteiger partial charge in [-0.1, -0.05) is 34.8 Å². The largest absolute Gasteiger partial charge is 0.484 e. The molecule has 0 fully saturated rings. The molecule has 0 aliphatic rings. The first-order chi connectivity index (χ1) is 15.5. The van der Waals surface area contributed by atoms with E-state index in [2.05, 4.69) is 5.32 Å². The van der Waals surface area contributed by atoms with Crippen molar-refractivity contribution >= 4 is 56.4 Å².